The number of rotatable bonds is 7. The van der Waals surface area contributed by atoms with Gasteiger partial charge in [-0.15, -0.1) is 5.10 Å². The molecule has 0 radical (unpaired) electrons. The van der Waals surface area contributed by atoms with Crippen molar-refractivity contribution < 1.29 is 17.9 Å². The van der Waals surface area contributed by atoms with Crippen LogP contribution in [0.1, 0.15) is 26.2 Å². The van der Waals surface area contributed by atoms with E-state index in [2.05, 4.69) is 20.8 Å². The highest BCUT2D eigenvalue weighted by atomic mass is 32.2. The van der Waals surface area contributed by atoms with Crippen LogP contribution in [0.3, 0.4) is 0 Å². The average Bonchev–Trinajstić information content (AvgIpc) is 3.35. The SMILES string of the molecule is CC(Oc1cccc(-n2cnnn2)c1)C(=O)Nc1ccc(S(=O)(=O)N2CCCCC2)cc1. The predicted octanol–water partition coefficient (Wildman–Crippen LogP) is 2.24. The molecule has 1 aliphatic rings. The summed E-state index contributed by atoms with van der Waals surface area (Å²) in [5.74, 6) is 0.132. The molecule has 4 rings (SSSR count). The minimum Gasteiger partial charge on any atom is -0.481 e. The molecular weight excluding hydrogens is 432 g/mol. The van der Waals surface area contributed by atoms with Crippen molar-refractivity contribution in [3.63, 3.8) is 0 Å². The molecule has 0 aliphatic carbocycles. The highest BCUT2D eigenvalue weighted by Gasteiger charge is 2.26. The van der Waals surface area contributed by atoms with Gasteiger partial charge < -0.3 is 10.1 Å². The highest BCUT2D eigenvalue weighted by Crippen LogP contribution is 2.22. The van der Waals surface area contributed by atoms with Gasteiger partial charge in [0.15, 0.2) is 6.10 Å². The fourth-order valence-corrected chi connectivity index (χ4v) is 4.96. The van der Waals surface area contributed by atoms with Crippen LogP contribution in [0.5, 0.6) is 5.75 Å². The first-order valence-electron chi connectivity index (χ1n) is 10.3. The largest absolute Gasteiger partial charge is 0.481 e. The van der Waals surface area contributed by atoms with Crippen molar-refractivity contribution in [1.29, 1.82) is 0 Å². The Morgan fingerprint density at radius 2 is 1.84 bits per heavy atom. The van der Waals surface area contributed by atoms with Crippen LogP contribution in [0.15, 0.2) is 59.8 Å². The van der Waals surface area contributed by atoms with Crippen molar-refractivity contribution in [3.05, 3.63) is 54.9 Å². The molecule has 1 aliphatic heterocycles. The van der Waals surface area contributed by atoms with Crippen molar-refractivity contribution >= 4 is 21.6 Å². The lowest BCUT2D eigenvalue weighted by Crippen LogP contribution is -2.35. The van der Waals surface area contributed by atoms with Gasteiger partial charge in [-0.25, -0.2) is 13.1 Å². The van der Waals surface area contributed by atoms with Crippen molar-refractivity contribution in [1.82, 2.24) is 24.5 Å². The number of hydrogen-bond acceptors (Lipinski definition) is 7. The molecule has 1 atom stereocenters. The Morgan fingerprint density at radius 3 is 2.53 bits per heavy atom. The van der Waals surface area contributed by atoms with E-state index < -0.39 is 16.1 Å². The van der Waals surface area contributed by atoms with Gasteiger partial charge in [-0.3, -0.25) is 4.79 Å². The minimum absolute atomic E-state index is 0.223. The van der Waals surface area contributed by atoms with E-state index >= 15 is 0 Å². The third-order valence-corrected chi connectivity index (χ3v) is 7.10. The molecule has 0 bridgehead atoms. The van der Waals surface area contributed by atoms with E-state index in [9.17, 15) is 13.2 Å². The first kappa shape index (κ1) is 21.9. The Labute approximate surface area is 186 Å². The molecule has 1 unspecified atom stereocenters. The zero-order valence-electron chi connectivity index (χ0n) is 17.6. The summed E-state index contributed by atoms with van der Waals surface area (Å²) in [4.78, 5) is 12.8. The van der Waals surface area contributed by atoms with Crippen molar-refractivity contribution in [2.75, 3.05) is 18.4 Å². The van der Waals surface area contributed by atoms with Crippen LogP contribution in [0.2, 0.25) is 0 Å². The van der Waals surface area contributed by atoms with Gasteiger partial charge in [-0.2, -0.15) is 4.31 Å². The van der Waals surface area contributed by atoms with Gasteiger partial charge in [0.2, 0.25) is 10.0 Å². The summed E-state index contributed by atoms with van der Waals surface area (Å²) >= 11 is 0. The fraction of sp³-hybridized carbons (Fsp3) is 0.333. The van der Waals surface area contributed by atoms with E-state index in [0.717, 1.165) is 19.3 Å². The number of carbonyl (C=O) groups is 1. The molecule has 0 saturated carbocycles. The number of anilines is 1. The number of tetrazole rings is 1. The Hall–Kier alpha value is -3.31. The Kier molecular flexibility index (Phi) is 6.47. The molecule has 1 aromatic heterocycles. The predicted molar refractivity (Wildman–Crippen MR) is 117 cm³/mol. The second-order valence-corrected chi connectivity index (χ2v) is 9.43. The zero-order valence-corrected chi connectivity index (χ0v) is 18.4. The second-order valence-electron chi connectivity index (χ2n) is 7.49. The molecule has 11 heteroatoms. The number of carbonyl (C=O) groups excluding carboxylic acids is 1. The lowest BCUT2D eigenvalue weighted by Gasteiger charge is -2.25. The molecule has 168 valence electrons. The monoisotopic (exact) mass is 456 g/mol. The minimum atomic E-state index is -3.51. The number of nitrogens with one attached hydrogen (secondary N) is 1. The van der Waals surface area contributed by atoms with Crippen molar-refractivity contribution in [3.8, 4) is 11.4 Å². The quantitative estimate of drug-likeness (QED) is 0.579. The third kappa shape index (κ3) is 4.94. The normalized spacial score (nSPS) is 15.8. The number of nitrogens with zero attached hydrogens (tertiary/aromatic N) is 5. The van der Waals surface area contributed by atoms with Crippen LogP contribution in [0.25, 0.3) is 5.69 Å². The molecule has 1 fully saturated rings. The standard InChI is InChI=1S/C21H24N6O4S/c1-16(31-19-7-5-6-18(14-19)27-15-22-24-25-27)21(28)23-17-8-10-20(11-9-17)32(29,30)26-12-3-2-4-13-26/h5-11,14-16H,2-4,12-13H2,1H3,(H,23,28). The molecule has 1 amide bonds. The molecule has 2 aromatic carbocycles. The molecule has 1 saturated heterocycles. The summed E-state index contributed by atoms with van der Waals surface area (Å²) in [7, 11) is -3.51. The number of ether oxygens (including phenoxy) is 1. The van der Waals surface area contributed by atoms with Gasteiger partial charge >= 0.3 is 0 Å². The van der Waals surface area contributed by atoms with E-state index in [1.54, 1.807) is 37.3 Å². The maximum atomic E-state index is 12.7. The summed E-state index contributed by atoms with van der Waals surface area (Å²) < 4.78 is 34.2. The van der Waals surface area contributed by atoms with Gasteiger partial charge in [0.05, 0.1) is 10.6 Å². The van der Waals surface area contributed by atoms with Crippen LogP contribution in [0, 0.1) is 0 Å². The zero-order chi connectivity index (χ0) is 22.6. The lowest BCUT2D eigenvalue weighted by atomic mass is 10.2. The maximum absolute atomic E-state index is 12.7. The van der Waals surface area contributed by atoms with Gasteiger partial charge in [0, 0.05) is 24.8 Å². The second kappa shape index (κ2) is 9.45. The Balaban J connectivity index is 1.38. The molecule has 3 aromatic rings. The number of benzene rings is 2. The highest BCUT2D eigenvalue weighted by molar-refractivity contribution is 7.89. The number of amides is 1. The van der Waals surface area contributed by atoms with Gasteiger partial charge in [0.1, 0.15) is 12.1 Å². The summed E-state index contributed by atoms with van der Waals surface area (Å²) in [5.41, 5.74) is 1.19. The Bertz CT molecular complexity index is 1160. The Morgan fingerprint density at radius 1 is 1.09 bits per heavy atom. The molecule has 10 nitrogen and oxygen atoms in total. The fourth-order valence-electron chi connectivity index (χ4n) is 3.45. The number of aromatic nitrogens is 4. The van der Waals surface area contributed by atoms with Gasteiger partial charge in [-0.05, 0) is 66.6 Å². The van der Waals surface area contributed by atoms with Crippen LogP contribution in [0.4, 0.5) is 5.69 Å². The topological polar surface area (TPSA) is 119 Å². The number of sulfonamides is 1. The van der Waals surface area contributed by atoms with Crippen molar-refractivity contribution in [2.45, 2.75) is 37.2 Å². The van der Waals surface area contributed by atoms with Crippen LogP contribution in [-0.4, -0.2) is 58.0 Å². The third-order valence-electron chi connectivity index (χ3n) is 5.19. The average molecular weight is 457 g/mol. The van der Waals surface area contributed by atoms with E-state index in [1.807, 2.05) is 6.07 Å². The summed E-state index contributed by atoms with van der Waals surface area (Å²) in [6, 6.07) is 13.2. The molecule has 32 heavy (non-hydrogen) atoms. The number of piperidine rings is 1. The molecule has 2 heterocycles. The van der Waals surface area contributed by atoms with Gasteiger partial charge in [0.25, 0.3) is 5.91 Å². The summed E-state index contributed by atoms with van der Waals surface area (Å²) in [6.45, 7) is 2.73. The van der Waals surface area contributed by atoms with Crippen LogP contribution >= 0.6 is 0 Å². The number of hydrogen-bond donors (Lipinski definition) is 1. The van der Waals surface area contributed by atoms with E-state index in [-0.39, 0.29) is 10.8 Å². The summed E-state index contributed by atoms with van der Waals surface area (Å²) in [6.07, 6.45) is 3.49. The molecular formula is C21H24N6O4S. The smallest absolute Gasteiger partial charge is 0.265 e. The van der Waals surface area contributed by atoms with E-state index in [0.29, 0.717) is 30.2 Å². The molecule has 1 N–H and O–H groups in total. The maximum Gasteiger partial charge on any atom is 0.265 e. The van der Waals surface area contributed by atoms with E-state index in [4.69, 9.17) is 4.74 Å². The van der Waals surface area contributed by atoms with Gasteiger partial charge in [-0.1, -0.05) is 12.5 Å². The first-order chi connectivity index (χ1) is 15.4. The summed E-state index contributed by atoms with van der Waals surface area (Å²) in [5, 5.41) is 13.8. The molecule has 0 spiro atoms. The lowest BCUT2D eigenvalue weighted by molar-refractivity contribution is -0.122. The van der Waals surface area contributed by atoms with Crippen LogP contribution in [-0.2, 0) is 14.8 Å². The van der Waals surface area contributed by atoms with E-state index in [1.165, 1.54) is 27.4 Å². The van der Waals surface area contributed by atoms with Crippen molar-refractivity contribution in [2.24, 2.45) is 0 Å². The van der Waals surface area contributed by atoms with Crippen LogP contribution < -0.4 is 10.1 Å². The first-order valence-corrected chi connectivity index (χ1v) is 11.8.